The van der Waals surface area contributed by atoms with Crippen LogP contribution in [0.2, 0.25) is 0 Å². The molecule has 0 aliphatic carbocycles. The van der Waals surface area contributed by atoms with Gasteiger partial charge in [0.25, 0.3) is 0 Å². The summed E-state index contributed by atoms with van der Waals surface area (Å²) in [4.78, 5) is 0. The molecular formula is C9H17NO. The van der Waals surface area contributed by atoms with Crippen molar-refractivity contribution >= 4 is 0 Å². The van der Waals surface area contributed by atoms with E-state index in [2.05, 4.69) is 6.07 Å². The maximum absolute atomic E-state index is 9.93. The first-order valence-corrected chi connectivity index (χ1v) is 4.07. The van der Waals surface area contributed by atoms with Crippen LogP contribution in [0.5, 0.6) is 0 Å². The van der Waals surface area contributed by atoms with Gasteiger partial charge in [0.1, 0.15) is 0 Å². The lowest BCUT2D eigenvalue weighted by Gasteiger charge is -2.36. The summed E-state index contributed by atoms with van der Waals surface area (Å²) in [5, 5.41) is 18.7. The molecule has 0 aliphatic heterocycles. The van der Waals surface area contributed by atoms with Gasteiger partial charge in [-0.15, -0.1) is 0 Å². The topological polar surface area (TPSA) is 44.0 Å². The number of hydrogen-bond donors (Lipinski definition) is 1. The molecule has 0 aromatic rings. The van der Waals surface area contributed by atoms with Crippen molar-refractivity contribution in [3.63, 3.8) is 0 Å². The average molecular weight is 155 g/mol. The second kappa shape index (κ2) is 3.23. The van der Waals surface area contributed by atoms with Crippen molar-refractivity contribution in [2.24, 2.45) is 5.41 Å². The van der Waals surface area contributed by atoms with E-state index in [1.807, 2.05) is 13.8 Å². The maximum Gasteiger partial charge on any atom is 0.0822 e. The minimum absolute atomic E-state index is 0.629. The summed E-state index contributed by atoms with van der Waals surface area (Å²) in [5.74, 6) is 0. The molecule has 64 valence electrons. The molecule has 0 aromatic heterocycles. The molecule has 0 radical (unpaired) electrons. The van der Waals surface area contributed by atoms with E-state index in [1.165, 1.54) is 0 Å². The Kier molecular flexibility index (Phi) is 3.07. The van der Waals surface area contributed by atoms with Crippen molar-refractivity contribution in [2.45, 2.75) is 46.1 Å². The smallest absolute Gasteiger partial charge is 0.0822 e. The first-order valence-electron chi connectivity index (χ1n) is 4.07. The third-order valence-corrected chi connectivity index (χ3v) is 2.61. The Morgan fingerprint density at radius 2 is 1.64 bits per heavy atom. The van der Waals surface area contributed by atoms with Gasteiger partial charge in [-0.1, -0.05) is 13.8 Å². The summed E-state index contributed by atoms with van der Waals surface area (Å²) < 4.78 is 0. The van der Waals surface area contributed by atoms with Crippen molar-refractivity contribution in [1.29, 1.82) is 5.26 Å². The molecule has 0 fully saturated rings. The molecule has 0 unspecified atom stereocenters. The molecule has 0 saturated heterocycles. The number of nitrogens with zero attached hydrogens (tertiary/aromatic N) is 1. The fraction of sp³-hybridized carbons (Fsp3) is 0.889. The lowest BCUT2D eigenvalue weighted by Crippen LogP contribution is -2.42. The van der Waals surface area contributed by atoms with Crippen LogP contribution in [-0.4, -0.2) is 10.7 Å². The molecule has 11 heavy (non-hydrogen) atoms. The van der Waals surface area contributed by atoms with Crippen LogP contribution in [0.25, 0.3) is 0 Å². The van der Waals surface area contributed by atoms with Crippen LogP contribution in [0.4, 0.5) is 0 Å². The standard InChI is InChI=1S/C9H17NO/c1-5-9(11,6-2)8(3,4)7-10/h11H,5-6H2,1-4H3. The minimum Gasteiger partial charge on any atom is -0.388 e. The first kappa shape index (κ1) is 10.4. The van der Waals surface area contributed by atoms with Crippen molar-refractivity contribution in [2.75, 3.05) is 0 Å². The molecule has 2 heteroatoms. The third kappa shape index (κ3) is 1.72. The van der Waals surface area contributed by atoms with Gasteiger partial charge < -0.3 is 5.11 Å². The molecule has 0 amide bonds. The summed E-state index contributed by atoms with van der Waals surface area (Å²) >= 11 is 0. The van der Waals surface area contributed by atoms with E-state index < -0.39 is 11.0 Å². The van der Waals surface area contributed by atoms with E-state index in [9.17, 15) is 5.11 Å². The van der Waals surface area contributed by atoms with Crippen LogP contribution in [0, 0.1) is 16.7 Å². The average Bonchev–Trinajstić information content (AvgIpc) is 2.02. The summed E-state index contributed by atoms with van der Waals surface area (Å²) in [6, 6.07) is 2.13. The van der Waals surface area contributed by atoms with Crippen molar-refractivity contribution < 1.29 is 5.11 Å². The third-order valence-electron chi connectivity index (χ3n) is 2.61. The van der Waals surface area contributed by atoms with Gasteiger partial charge in [0.05, 0.1) is 17.1 Å². The number of rotatable bonds is 3. The highest BCUT2D eigenvalue weighted by Gasteiger charge is 2.40. The van der Waals surface area contributed by atoms with Gasteiger partial charge in [0, 0.05) is 0 Å². The Morgan fingerprint density at radius 3 is 1.73 bits per heavy atom. The number of aliphatic hydroxyl groups is 1. The van der Waals surface area contributed by atoms with E-state index in [0.717, 1.165) is 0 Å². The fourth-order valence-corrected chi connectivity index (χ4v) is 1.24. The van der Waals surface area contributed by atoms with E-state index in [1.54, 1.807) is 13.8 Å². The van der Waals surface area contributed by atoms with E-state index in [4.69, 9.17) is 5.26 Å². The van der Waals surface area contributed by atoms with Crippen LogP contribution >= 0.6 is 0 Å². The summed E-state index contributed by atoms with van der Waals surface area (Å²) in [6.07, 6.45) is 1.26. The molecule has 0 saturated carbocycles. The van der Waals surface area contributed by atoms with Crippen LogP contribution in [0.3, 0.4) is 0 Å². The van der Waals surface area contributed by atoms with Gasteiger partial charge in [-0.3, -0.25) is 0 Å². The van der Waals surface area contributed by atoms with Crippen molar-refractivity contribution in [3.8, 4) is 6.07 Å². The zero-order valence-electron chi connectivity index (χ0n) is 7.81. The van der Waals surface area contributed by atoms with E-state index in [-0.39, 0.29) is 0 Å². The number of nitriles is 1. The van der Waals surface area contributed by atoms with Crippen LogP contribution in [-0.2, 0) is 0 Å². The van der Waals surface area contributed by atoms with Gasteiger partial charge in [-0.05, 0) is 26.7 Å². The lowest BCUT2D eigenvalue weighted by atomic mass is 9.73. The van der Waals surface area contributed by atoms with Gasteiger partial charge in [-0.2, -0.15) is 5.26 Å². The molecular weight excluding hydrogens is 138 g/mol. The Balaban J connectivity index is 4.65. The quantitative estimate of drug-likeness (QED) is 0.678. The van der Waals surface area contributed by atoms with Gasteiger partial charge in [-0.25, -0.2) is 0 Å². The molecule has 0 aromatic carbocycles. The molecule has 0 heterocycles. The highest BCUT2D eigenvalue weighted by molar-refractivity contribution is 5.05. The Morgan fingerprint density at radius 1 is 1.27 bits per heavy atom. The van der Waals surface area contributed by atoms with Crippen LogP contribution < -0.4 is 0 Å². The van der Waals surface area contributed by atoms with Gasteiger partial charge in [0.2, 0.25) is 0 Å². The zero-order chi connectivity index (χ0) is 9.12. The Labute approximate surface area is 68.8 Å². The van der Waals surface area contributed by atoms with E-state index in [0.29, 0.717) is 12.8 Å². The molecule has 0 atom stereocenters. The highest BCUT2D eigenvalue weighted by Crippen LogP contribution is 2.35. The van der Waals surface area contributed by atoms with Gasteiger partial charge >= 0.3 is 0 Å². The normalized spacial score (nSPS) is 12.7. The SMILES string of the molecule is CCC(O)(CC)C(C)(C)C#N. The van der Waals surface area contributed by atoms with Crippen LogP contribution in [0.1, 0.15) is 40.5 Å². The summed E-state index contributed by atoms with van der Waals surface area (Å²) in [7, 11) is 0. The van der Waals surface area contributed by atoms with Crippen molar-refractivity contribution in [3.05, 3.63) is 0 Å². The van der Waals surface area contributed by atoms with Crippen molar-refractivity contribution in [1.82, 2.24) is 0 Å². The maximum atomic E-state index is 9.93. The van der Waals surface area contributed by atoms with Gasteiger partial charge in [0.15, 0.2) is 0 Å². The molecule has 0 spiro atoms. The lowest BCUT2D eigenvalue weighted by molar-refractivity contribution is -0.0450. The Hall–Kier alpha value is -0.550. The molecule has 0 aliphatic rings. The molecule has 0 rings (SSSR count). The zero-order valence-corrected chi connectivity index (χ0v) is 7.81. The fourth-order valence-electron chi connectivity index (χ4n) is 1.24. The summed E-state index contributed by atoms with van der Waals surface area (Å²) in [6.45, 7) is 7.37. The minimum atomic E-state index is -0.832. The highest BCUT2D eigenvalue weighted by atomic mass is 16.3. The van der Waals surface area contributed by atoms with E-state index >= 15 is 0 Å². The Bertz CT molecular complexity index is 163. The first-order chi connectivity index (χ1) is 4.93. The summed E-state index contributed by atoms with van der Waals surface area (Å²) in [5.41, 5.74) is -1.47. The predicted molar refractivity (Wildman–Crippen MR) is 44.9 cm³/mol. The second-order valence-corrected chi connectivity index (χ2v) is 3.48. The second-order valence-electron chi connectivity index (χ2n) is 3.48. The largest absolute Gasteiger partial charge is 0.388 e. The number of hydrogen-bond acceptors (Lipinski definition) is 2. The predicted octanol–water partition coefficient (Wildman–Crippen LogP) is 2.09. The molecule has 1 N–H and O–H groups in total. The monoisotopic (exact) mass is 155 g/mol. The molecule has 2 nitrogen and oxygen atoms in total. The molecule has 0 bridgehead atoms. The van der Waals surface area contributed by atoms with Crippen LogP contribution in [0.15, 0.2) is 0 Å².